The molecule has 9 N–H and O–H groups in total. The number of Topliss-reactive ketones (excluding diaryl/α,β-unsaturated/α-hetero) is 1. The van der Waals surface area contributed by atoms with E-state index in [2.05, 4.69) is 60.5 Å². The molecule has 14 nitrogen and oxygen atoms in total. The van der Waals surface area contributed by atoms with Gasteiger partial charge in [-0.15, -0.1) is 0 Å². The average Bonchev–Trinajstić information content (AvgIpc) is 3.28. The van der Waals surface area contributed by atoms with Gasteiger partial charge in [-0.25, -0.2) is 24.7 Å². The van der Waals surface area contributed by atoms with Crippen LogP contribution in [0, 0.1) is 11.8 Å². The number of rotatable bonds is 12. The van der Waals surface area contributed by atoms with E-state index < -0.39 is 5.97 Å². The van der Waals surface area contributed by atoms with Gasteiger partial charge >= 0.3 is 5.97 Å². The molecule has 2 fully saturated rings. The molecule has 0 spiro atoms. The van der Waals surface area contributed by atoms with Crippen LogP contribution in [0.25, 0.3) is 21.5 Å². The van der Waals surface area contributed by atoms with E-state index in [0.717, 1.165) is 70.5 Å². The number of nitrogens with one attached hydrogen (secondary N) is 2. The second kappa shape index (κ2) is 21.9. The van der Waals surface area contributed by atoms with E-state index in [1.54, 1.807) is 24.5 Å². The predicted octanol–water partition coefficient (Wildman–Crippen LogP) is 6.94. The summed E-state index contributed by atoms with van der Waals surface area (Å²) in [7, 11) is 4.33. The summed E-state index contributed by atoms with van der Waals surface area (Å²) >= 11 is 0. The number of carboxylic acid groups (broad SMARTS) is 1. The first-order valence-electron chi connectivity index (χ1n) is 21.1. The first-order valence-corrected chi connectivity index (χ1v) is 21.1. The van der Waals surface area contributed by atoms with Gasteiger partial charge < -0.3 is 42.7 Å². The van der Waals surface area contributed by atoms with Crippen molar-refractivity contribution in [3.63, 3.8) is 0 Å². The van der Waals surface area contributed by atoms with E-state index in [4.69, 9.17) is 22.3 Å². The lowest BCUT2D eigenvalue weighted by Crippen LogP contribution is -2.33. The number of hydrogen-bond acceptors (Lipinski definition) is 13. The average molecular weight is 826 g/mol. The minimum atomic E-state index is -1.04. The van der Waals surface area contributed by atoms with E-state index in [1.807, 2.05) is 60.7 Å². The van der Waals surface area contributed by atoms with Gasteiger partial charge in [0.25, 0.3) is 0 Å². The van der Waals surface area contributed by atoms with E-state index in [1.165, 1.54) is 44.8 Å². The van der Waals surface area contributed by atoms with Crippen molar-refractivity contribution in [2.45, 2.75) is 51.6 Å². The lowest BCUT2D eigenvalue weighted by molar-refractivity contribution is 0.0690. The van der Waals surface area contributed by atoms with Crippen molar-refractivity contribution in [3.05, 3.63) is 120 Å². The zero-order chi connectivity index (χ0) is 43.1. The molecule has 14 heteroatoms. The molecule has 0 saturated carbocycles. The second-order valence-corrected chi connectivity index (χ2v) is 16.0. The van der Waals surface area contributed by atoms with Crippen LogP contribution in [0.4, 0.5) is 23.3 Å². The van der Waals surface area contributed by atoms with Gasteiger partial charge in [0.15, 0.2) is 11.5 Å². The number of pyridine rings is 4. The van der Waals surface area contributed by atoms with Crippen LogP contribution in [-0.2, 0) is 13.1 Å². The third-order valence-electron chi connectivity index (χ3n) is 11.5. The van der Waals surface area contributed by atoms with Crippen LogP contribution < -0.4 is 27.8 Å². The van der Waals surface area contributed by atoms with Crippen molar-refractivity contribution in [3.8, 4) is 0 Å². The second-order valence-electron chi connectivity index (χ2n) is 16.0. The maximum atomic E-state index is 12.6. The molecular formula is C47H59N11O3. The minimum absolute atomic E-state index is 0.0161. The molecule has 0 radical (unpaired) electrons. The molecule has 2 aliphatic heterocycles. The van der Waals surface area contributed by atoms with Gasteiger partial charge in [0.1, 0.15) is 29.0 Å². The lowest BCUT2D eigenvalue weighted by Gasteiger charge is -2.28. The molecule has 6 heterocycles. The topological polar surface area (TPSA) is 215 Å². The first kappa shape index (κ1) is 44.3. The van der Waals surface area contributed by atoms with Crippen molar-refractivity contribution in [2.75, 3.05) is 68.9 Å². The normalized spacial score (nSPS) is 15.0. The predicted molar refractivity (Wildman–Crippen MR) is 245 cm³/mol. The number of anilines is 4. The Morgan fingerprint density at radius 1 is 0.672 bits per heavy atom. The zero-order valence-electron chi connectivity index (χ0n) is 35.3. The Balaban J connectivity index is 0.000000175. The third-order valence-corrected chi connectivity index (χ3v) is 11.5. The number of ketones is 1. The van der Waals surface area contributed by atoms with Crippen LogP contribution in [0.5, 0.6) is 0 Å². The van der Waals surface area contributed by atoms with Crippen molar-refractivity contribution in [2.24, 2.45) is 17.6 Å². The smallest absolute Gasteiger partial charge is 0.354 e. The summed E-state index contributed by atoms with van der Waals surface area (Å²) in [6.45, 7) is 6.78. The van der Waals surface area contributed by atoms with Crippen molar-refractivity contribution < 1.29 is 14.7 Å². The fraction of sp³-hybridized carbons (Fsp3) is 0.362. The molecule has 0 amide bonds. The number of aromatic carboxylic acids is 1. The zero-order valence-corrected chi connectivity index (χ0v) is 35.3. The maximum Gasteiger partial charge on any atom is 0.354 e. The number of aromatic nitrogens is 4. The summed E-state index contributed by atoms with van der Waals surface area (Å²) in [6.07, 6.45) is 9.90. The number of fused-ring (bicyclic) bond motifs is 2. The number of carbonyl (C=O) groups is 2. The fourth-order valence-electron chi connectivity index (χ4n) is 7.56. The highest BCUT2D eigenvalue weighted by atomic mass is 16.4. The maximum absolute atomic E-state index is 12.6. The van der Waals surface area contributed by atoms with Gasteiger partial charge in [-0.05, 0) is 161 Å². The summed E-state index contributed by atoms with van der Waals surface area (Å²) in [6, 6.07) is 26.3. The minimum Gasteiger partial charge on any atom is -0.477 e. The van der Waals surface area contributed by atoms with Crippen LogP contribution in [0.2, 0.25) is 0 Å². The Hall–Kier alpha value is -6.22. The highest BCUT2D eigenvalue weighted by Crippen LogP contribution is 2.24. The molecule has 2 saturated heterocycles. The van der Waals surface area contributed by atoms with Gasteiger partial charge in [0.05, 0.1) is 0 Å². The molecule has 61 heavy (non-hydrogen) atoms. The van der Waals surface area contributed by atoms with E-state index in [0.29, 0.717) is 48.6 Å². The number of nitrogens with zero attached hydrogens (tertiary/aromatic N) is 6. The number of benzene rings is 2. The fourth-order valence-corrected chi connectivity index (χ4v) is 7.56. The van der Waals surface area contributed by atoms with Crippen LogP contribution in [-0.4, -0.2) is 93.4 Å². The number of hydrogen-bond donors (Lipinski definition) is 6. The Morgan fingerprint density at radius 3 is 1.64 bits per heavy atom. The quantitative estimate of drug-likeness (QED) is 0.0690. The highest BCUT2D eigenvalue weighted by molar-refractivity contribution is 5.94. The lowest BCUT2D eigenvalue weighted by atomic mass is 9.91. The molecule has 0 atom stereocenters. The monoisotopic (exact) mass is 825 g/mol. The summed E-state index contributed by atoms with van der Waals surface area (Å²) in [5, 5.41) is 19.3. The number of carbonyl (C=O) groups excluding carboxylic acids is 1. The van der Waals surface area contributed by atoms with Crippen molar-refractivity contribution in [1.29, 1.82) is 0 Å². The summed E-state index contributed by atoms with van der Waals surface area (Å²) in [4.78, 5) is 45.0. The number of nitrogens with two attached hydrogens (primary N) is 3. The standard InChI is InChI=1S/C24H29N5O.C16H14N4O2.C7H16N2/c1-29-13-10-17(11-14-29)6-8-22(30)21-3-2-4-23(28-21)27-16-18-5-7-20-19(15-18)9-12-26-24(20)25;17-15-12-5-4-10(8-11(12)6-7-18-15)9-19-14-3-1-2-13(20-14)16(21)22;1-9-4-2-7(6-8)3-5-9/h2-5,7,9,12,15,17H,6,8,10-11,13-14,16H2,1H3,(H2,25,26)(H,27,28);1-8H,9H2,(H2,17,18)(H,19,20)(H,21,22);7H,2-6,8H2,1H3. The van der Waals surface area contributed by atoms with Crippen LogP contribution >= 0.6 is 0 Å². The van der Waals surface area contributed by atoms with Gasteiger partial charge in [0.2, 0.25) is 0 Å². The number of piperidine rings is 2. The molecule has 320 valence electrons. The van der Waals surface area contributed by atoms with Crippen LogP contribution in [0.3, 0.4) is 0 Å². The molecule has 2 aromatic carbocycles. The summed E-state index contributed by atoms with van der Waals surface area (Å²) < 4.78 is 0. The highest BCUT2D eigenvalue weighted by Gasteiger charge is 2.19. The largest absolute Gasteiger partial charge is 0.477 e. The van der Waals surface area contributed by atoms with Gasteiger partial charge in [-0.1, -0.05) is 36.4 Å². The Kier molecular flexibility index (Phi) is 15.9. The van der Waals surface area contributed by atoms with Gasteiger partial charge in [-0.3, -0.25) is 4.79 Å². The first-order chi connectivity index (χ1) is 29.5. The molecule has 0 unspecified atom stereocenters. The number of carboxylic acids is 1. The number of nitrogen functional groups attached to an aromatic ring is 2. The molecule has 8 rings (SSSR count). The van der Waals surface area contributed by atoms with E-state index in [9.17, 15) is 9.59 Å². The number of likely N-dealkylation sites (tertiary alicyclic amines) is 2. The van der Waals surface area contributed by atoms with Crippen LogP contribution in [0.15, 0.2) is 97.3 Å². The molecule has 4 aromatic heterocycles. The van der Waals surface area contributed by atoms with Gasteiger partial charge in [0, 0.05) is 42.7 Å². The molecular weight excluding hydrogens is 767 g/mol. The molecule has 0 aliphatic carbocycles. The molecule has 2 aliphatic rings. The summed E-state index contributed by atoms with van der Waals surface area (Å²) in [5.74, 6) is 2.84. The van der Waals surface area contributed by atoms with E-state index >= 15 is 0 Å². The van der Waals surface area contributed by atoms with Gasteiger partial charge in [-0.2, -0.15) is 0 Å². The van der Waals surface area contributed by atoms with E-state index in [-0.39, 0.29) is 11.5 Å². The summed E-state index contributed by atoms with van der Waals surface area (Å²) in [5.41, 5.74) is 20.0. The Morgan fingerprint density at radius 2 is 1.15 bits per heavy atom. The molecule has 0 bridgehead atoms. The van der Waals surface area contributed by atoms with Crippen molar-refractivity contribution >= 4 is 56.6 Å². The Bertz CT molecular complexity index is 2380. The molecule has 6 aromatic rings. The van der Waals surface area contributed by atoms with Crippen molar-refractivity contribution in [1.82, 2.24) is 29.7 Å². The Labute approximate surface area is 358 Å². The third kappa shape index (κ3) is 13.1. The van der Waals surface area contributed by atoms with Crippen LogP contribution in [0.1, 0.15) is 70.6 Å². The SMILES string of the molecule is CN1CCC(CCC(=O)c2cccc(NCc3ccc4c(N)nccc4c3)n2)CC1.CN1CCC(CN)CC1.Nc1nccc2cc(CNc3cccc(C(=O)O)n3)ccc12.